The van der Waals surface area contributed by atoms with Crippen LogP contribution in [0.2, 0.25) is 0 Å². The van der Waals surface area contributed by atoms with E-state index < -0.39 is 11.9 Å². The molecule has 2 aromatic carbocycles. The molecule has 1 atom stereocenters. The topological polar surface area (TPSA) is 119 Å². The number of nitrogens with zero attached hydrogens (tertiary/aromatic N) is 4. The summed E-state index contributed by atoms with van der Waals surface area (Å²) in [6.45, 7) is 0.799. The fourth-order valence-electron chi connectivity index (χ4n) is 4.09. The van der Waals surface area contributed by atoms with Crippen LogP contribution in [0.3, 0.4) is 0 Å². The maximum atomic E-state index is 13.1. The Morgan fingerprint density at radius 3 is 2.63 bits per heavy atom. The Bertz CT molecular complexity index is 1340. The number of aromatic nitrogens is 1. The summed E-state index contributed by atoms with van der Waals surface area (Å²) in [6, 6.07) is 18.6. The number of carboxylic acid groups (broad SMARTS) is 1. The molecule has 1 aliphatic rings. The fourth-order valence-corrected chi connectivity index (χ4v) is 4.09. The van der Waals surface area contributed by atoms with Gasteiger partial charge in [0.05, 0.1) is 29.5 Å². The molecule has 8 heteroatoms. The molecule has 1 unspecified atom stereocenters. The van der Waals surface area contributed by atoms with Gasteiger partial charge in [-0.25, -0.2) is 0 Å². The second-order valence-electron chi connectivity index (χ2n) is 8.67. The average Bonchev–Trinajstić information content (AvgIpc) is 3.16. The molecule has 35 heavy (non-hydrogen) atoms. The Hall–Kier alpha value is -4.35. The van der Waals surface area contributed by atoms with Gasteiger partial charge in [-0.05, 0) is 61.6 Å². The Balaban J connectivity index is 1.79. The van der Waals surface area contributed by atoms with Gasteiger partial charge in [0, 0.05) is 36.1 Å². The van der Waals surface area contributed by atoms with Crippen molar-refractivity contribution < 1.29 is 14.7 Å². The minimum atomic E-state index is -0.902. The molecule has 176 valence electrons. The maximum Gasteiger partial charge on any atom is 0.303 e. The van der Waals surface area contributed by atoms with Crippen molar-refractivity contribution >= 4 is 29.0 Å². The van der Waals surface area contributed by atoms with Crippen LogP contribution in [0.1, 0.15) is 40.3 Å². The highest BCUT2D eigenvalue weighted by Gasteiger charge is 2.35. The molecule has 0 spiro atoms. The van der Waals surface area contributed by atoms with E-state index in [1.807, 2.05) is 38.4 Å². The average molecular weight is 468 g/mol. The first kappa shape index (κ1) is 23.8. The highest BCUT2D eigenvalue weighted by atomic mass is 16.4. The van der Waals surface area contributed by atoms with Gasteiger partial charge in [0.2, 0.25) is 5.91 Å². The highest BCUT2D eigenvalue weighted by molar-refractivity contribution is 6.24. The van der Waals surface area contributed by atoms with Gasteiger partial charge < -0.3 is 15.3 Å². The molecule has 1 aliphatic heterocycles. The van der Waals surface area contributed by atoms with E-state index in [4.69, 9.17) is 10.1 Å². The number of carbonyl (C=O) groups excluding carboxylic acids is 1. The Labute approximate surface area is 203 Å². The van der Waals surface area contributed by atoms with Crippen LogP contribution in [-0.4, -0.2) is 46.7 Å². The Kier molecular flexibility index (Phi) is 6.99. The minimum absolute atomic E-state index is 0.0417. The molecule has 0 saturated carbocycles. The van der Waals surface area contributed by atoms with Gasteiger partial charge in [-0.3, -0.25) is 19.6 Å². The first-order valence-electron chi connectivity index (χ1n) is 11.2. The number of aliphatic imine (C=N–C) groups is 1. The number of carbonyl (C=O) groups is 2. The van der Waals surface area contributed by atoms with E-state index in [9.17, 15) is 14.9 Å². The number of rotatable bonds is 8. The lowest BCUT2D eigenvalue weighted by Gasteiger charge is -2.15. The molecule has 1 aromatic heterocycles. The van der Waals surface area contributed by atoms with Gasteiger partial charge >= 0.3 is 5.97 Å². The van der Waals surface area contributed by atoms with Crippen molar-refractivity contribution in [3.63, 3.8) is 0 Å². The van der Waals surface area contributed by atoms with E-state index in [2.05, 4.69) is 21.3 Å². The van der Waals surface area contributed by atoms with Crippen molar-refractivity contribution in [1.82, 2.24) is 9.88 Å². The van der Waals surface area contributed by atoms with Gasteiger partial charge in [0.1, 0.15) is 5.92 Å². The lowest BCUT2D eigenvalue weighted by Crippen LogP contribution is -2.22. The predicted molar refractivity (Wildman–Crippen MR) is 133 cm³/mol. The third-order valence-corrected chi connectivity index (χ3v) is 5.68. The zero-order valence-electron chi connectivity index (χ0n) is 19.5. The number of amides is 1. The van der Waals surface area contributed by atoms with Crippen molar-refractivity contribution in [3.05, 3.63) is 88.7 Å². The second kappa shape index (κ2) is 10.3. The van der Waals surface area contributed by atoms with E-state index in [0.717, 1.165) is 17.7 Å². The normalized spacial score (nSPS) is 15.0. The molecule has 2 heterocycles. The van der Waals surface area contributed by atoms with Crippen molar-refractivity contribution in [2.75, 3.05) is 19.4 Å². The Morgan fingerprint density at radius 1 is 1.17 bits per heavy atom. The summed E-state index contributed by atoms with van der Waals surface area (Å²) < 4.78 is 0. The summed E-state index contributed by atoms with van der Waals surface area (Å²) in [5, 5.41) is 21.2. The number of aryl methyl sites for hydroxylation is 1. The highest BCUT2D eigenvalue weighted by Crippen LogP contribution is 2.37. The lowest BCUT2D eigenvalue weighted by molar-refractivity contribution is -0.137. The number of hydrogen-bond acceptors (Lipinski definition) is 6. The summed E-state index contributed by atoms with van der Waals surface area (Å²) in [5.74, 6) is -1.82. The van der Waals surface area contributed by atoms with Gasteiger partial charge in [-0.15, -0.1) is 0 Å². The van der Waals surface area contributed by atoms with E-state index in [1.54, 1.807) is 36.5 Å². The largest absolute Gasteiger partial charge is 0.481 e. The summed E-state index contributed by atoms with van der Waals surface area (Å²) >= 11 is 0. The molecule has 8 nitrogen and oxygen atoms in total. The maximum absolute atomic E-state index is 13.1. The van der Waals surface area contributed by atoms with Crippen LogP contribution < -0.4 is 5.32 Å². The minimum Gasteiger partial charge on any atom is -0.481 e. The summed E-state index contributed by atoms with van der Waals surface area (Å²) in [7, 11) is 4.01. The zero-order valence-corrected chi connectivity index (χ0v) is 19.5. The molecule has 3 aromatic rings. The number of carboxylic acids is 1. The van der Waals surface area contributed by atoms with Gasteiger partial charge in [0.15, 0.2) is 0 Å². The van der Waals surface area contributed by atoms with Gasteiger partial charge in [-0.1, -0.05) is 18.2 Å². The summed E-state index contributed by atoms with van der Waals surface area (Å²) in [5.41, 5.74) is 5.45. The molecule has 0 fully saturated rings. The standard InChI is InChI=1S/C27H25N5O3/c1-32(2)16-17-3-6-20(7-4-17)30-26(19-11-12-29-21(14-19)8-10-24(33)34)25-22-9-5-18(15-28)13-23(22)31-27(25)35/h3-7,9,11-14,25H,8,10,16H2,1-2H3,(H,31,35)(H,33,34). The molecular formula is C27H25N5O3. The molecular weight excluding hydrogens is 442 g/mol. The quantitative estimate of drug-likeness (QED) is 0.485. The number of benzene rings is 2. The number of aliphatic carboxylic acids is 1. The summed E-state index contributed by atoms with van der Waals surface area (Å²) in [6.07, 6.45) is 1.84. The molecule has 2 N–H and O–H groups in total. The van der Waals surface area contributed by atoms with Crippen molar-refractivity contribution in [3.8, 4) is 6.07 Å². The van der Waals surface area contributed by atoms with E-state index >= 15 is 0 Å². The van der Waals surface area contributed by atoms with Crippen LogP contribution in [0.4, 0.5) is 11.4 Å². The molecule has 0 saturated heterocycles. The van der Waals surface area contributed by atoms with Crippen molar-refractivity contribution in [2.45, 2.75) is 25.3 Å². The van der Waals surface area contributed by atoms with Crippen LogP contribution >= 0.6 is 0 Å². The van der Waals surface area contributed by atoms with Crippen LogP contribution in [-0.2, 0) is 22.6 Å². The molecule has 0 radical (unpaired) electrons. The zero-order chi connectivity index (χ0) is 24.9. The first-order valence-corrected chi connectivity index (χ1v) is 11.2. The lowest BCUT2D eigenvalue weighted by atomic mass is 9.90. The smallest absolute Gasteiger partial charge is 0.303 e. The second-order valence-corrected chi connectivity index (χ2v) is 8.67. The van der Waals surface area contributed by atoms with Gasteiger partial charge in [-0.2, -0.15) is 5.26 Å². The number of anilines is 1. The predicted octanol–water partition coefficient (Wildman–Crippen LogP) is 3.89. The SMILES string of the molecule is CN(C)Cc1ccc(N=C(c2ccnc(CCC(=O)O)c2)C2C(=O)Nc3cc(C#N)ccc32)cc1. The monoisotopic (exact) mass is 467 g/mol. The third kappa shape index (κ3) is 5.60. The summed E-state index contributed by atoms with van der Waals surface area (Å²) in [4.78, 5) is 35.4. The molecule has 4 rings (SSSR count). The van der Waals surface area contributed by atoms with Crippen LogP contribution in [0, 0.1) is 11.3 Å². The van der Waals surface area contributed by atoms with Crippen molar-refractivity contribution in [1.29, 1.82) is 5.26 Å². The Morgan fingerprint density at radius 2 is 1.94 bits per heavy atom. The van der Waals surface area contributed by atoms with Crippen LogP contribution in [0.5, 0.6) is 0 Å². The number of hydrogen-bond donors (Lipinski definition) is 2. The van der Waals surface area contributed by atoms with E-state index in [0.29, 0.717) is 33.9 Å². The van der Waals surface area contributed by atoms with E-state index in [1.165, 1.54) is 0 Å². The number of fused-ring (bicyclic) bond motifs is 1. The van der Waals surface area contributed by atoms with Crippen LogP contribution in [0.15, 0.2) is 65.8 Å². The fraction of sp³-hybridized carbons (Fsp3) is 0.222. The third-order valence-electron chi connectivity index (χ3n) is 5.68. The van der Waals surface area contributed by atoms with E-state index in [-0.39, 0.29) is 18.7 Å². The molecule has 1 amide bonds. The van der Waals surface area contributed by atoms with Gasteiger partial charge in [0.25, 0.3) is 0 Å². The number of nitriles is 1. The molecule has 0 aliphatic carbocycles. The first-order chi connectivity index (χ1) is 16.8. The molecule has 0 bridgehead atoms. The number of nitrogens with one attached hydrogen (secondary N) is 1. The number of pyridine rings is 1. The van der Waals surface area contributed by atoms with Crippen molar-refractivity contribution in [2.24, 2.45) is 4.99 Å². The van der Waals surface area contributed by atoms with Crippen LogP contribution in [0.25, 0.3) is 0 Å².